The van der Waals surface area contributed by atoms with Crippen molar-refractivity contribution in [3.63, 3.8) is 0 Å². The topological polar surface area (TPSA) is 50.3 Å². The molecule has 2 heterocycles. The second-order valence-electron chi connectivity index (χ2n) is 4.55. The van der Waals surface area contributed by atoms with E-state index in [9.17, 15) is 4.79 Å². The highest BCUT2D eigenvalue weighted by Gasteiger charge is 2.11. The van der Waals surface area contributed by atoms with Gasteiger partial charge in [-0.3, -0.25) is 9.47 Å². The zero-order chi connectivity index (χ0) is 12.4. The molecular weight excluding hydrogens is 266 g/mol. The molecule has 1 fully saturated rings. The molecule has 2 aromatic rings. The quantitative estimate of drug-likeness (QED) is 0.917. The summed E-state index contributed by atoms with van der Waals surface area (Å²) in [5.74, 6) is 0. The number of halogens is 1. The molecule has 0 radical (unpaired) electrons. The summed E-state index contributed by atoms with van der Waals surface area (Å²) in [6.07, 6.45) is 0. The Labute approximate surface area is 117 Å². The van der Waals surface area contributed by atoms with Gasteiger partial charge in [0.15, 0.2) is 0 Å². The summed E-state index contributed by atoms with van der Waals surface area (Å²) >= 11 is 0. The Morgan fingerprint density at radius 1 is 1.16 bits per heavy atom. The van der Waals surface area contributed by atoms with E-state index in [1.54, 1.807) is 0 Å². The largest absolute Gasteiger partial charge is 0.379 e. The number of fused-ring (bicyclic) bond motifs is 1. The minimum Gasteiger partial charge on any atom is -0.379 e. The van der Waals surface area contributed by atoms with Gasteiger partial charge in [0.05, 0.1) is 24.2 Å². The highest BCUT2D eigenvalue weighted by Crippen LogP contribution is 2.09. The van der Waals surface area contributed by atoms with Crippen molar-refractivity contribution in [3.05, 3.63) is 34.7 Å². The standard InChI is InChI=1S/C13H17N3O2.ClH/c17-13-14-11-3-1-2-4-12(11)16(13)6-5-15-7-9-18-10-8-15;/h1-4H,5-10H2,(H,14,17);1H. The van der Waals surface area contributed by atoms with E-state index in [-0.39, 0.29) is 18.1 Å². The van der Waals surface area contributed by atoms with Gasteiger partial charge in [-0.25, -0.2) is 4.79 Å². The van der Waals surface area contributed by atoms with E-state index in [0.29, 0.717) is 0 Å². The number of imidazole rings is 1. The van der Waals surface area contributed by atoms with Crippen LogP contribution in [0.4, 0.5) is 0 Å². The number of nitrogens with one attached hydrogen (secondary N) is 1. The number of benzene rings is 1. The summed E-state index contributed by atoms with van der Waals surface area (Å²) in [6, 6.07) is 7.81. The van der Waals surface area contributed by atoms with E-state index in [1.165, 1.54) is 0 Å². The molecule has 6 heteroatoms. The van der Waals surface area contributed by atoms with E-state index >= 15 is 0 Å². The van der Waals surface area contributed by atoms with Crippen molar-refractivity contribution in [2.75, 3.05) is 32.8 Å². The second kappa shape index (κ2) is 6.23. The zero-order valence-corrected chi connectivity index (χ0v) is 11.5. The number of hydrogen-bond acceptors (Lipinski definition) is 3. The van der Waals surface area contributed by atoms with Gasteiger partial charge in [0.25, 0.3) is 0 Å². The molecule has 1 aliphatic rings. The molecule has 1 saturated heterocycles. The number of hydrogen-bond donors (Lipinski definition) is 1. The third kappa shape index (κ3) is 3.00. The van der Waals surface area contributed by atoms with Crippen LogP contribution in [-0.2, 0) is 11.3 Å². The van der Waals surface area contributed by atoms with Gasteiger partial charge in [-0.1, -0.05) is 12.1 Å². The molecule has 104 valence electrons. The zero-order valence-electron chi connectivity index (χ0n) is 10.7. The number of nitrogens with zero attached hydrogens (tertiary/aromatic N) is 2. The first-order chi connectivity index (χ1) is 8.84. The molecule has 0 bridgehead atoms. The summed E-state index contributed by atoms with van der Waals surface area (Å²) in [7, 11) is 0. The van der Waals surface area contributed by atoms with Crippen molar-refractivity contribution in [1.29, 1.82) is 0 Å². The molecule has 5 nitrogen and oxygen atoms in total. The molecule has 1 aliphatic heterocycles. The van der Waals surface area contributed by atoms with Crippen LogP contribution < -0.4 is 5.69 Å². The fraction of sp³-hybridized carbons (Fsp3) is 0.462. The summed E-state index contributed by atoms with van der Waals surface area (Å²) in [5.41, 5.74) is 1.87. The Morgan fingerprint density at radius 2 is 1.89 bits per heavy atom. The number of aromatic amines is 1. The summed E-state index contributed by atoms with van der Waals surface area (Å²) in [5, 5.41) is 0. The Balaban J connectivity index is 0.00000133. The lowest BCUT2D eigenvalue weighted by atomic mass is 10.3. The van der Waals surface area contributed by atoms with Crippen LogP contribution in [0, 0.1) is 0 Å². The van der Waals surface area contributed by atoms with Crippen LogP contribution in [0.1, 0.15) is 0 Å². The third-order valence-corrected chi connectivity index (χ3v) is 3.43. The first-order valence-electron chi connectivity index (χ1n) is 6.32. The average molecular weight is 284 g/mol. The van der Waals surface area contributed by atoms with E-state index < -0.39 is 0 Å². The van der Waals surface area contributed by atoms with Gasteiger partial charge in [0.2, 0.25) is 0 Å². The van der Waals surface area contributed by atoms with Crippen molar-refractivity contribution in [1.82, 2.24) is 14.5 Å². The van der Waals surface area contributed by atoms with Crippen molar-refractivity contribution >= 4 is 23.4 Å². The van der Waals surface area contributed by atoms with Crippen LogP contribution in [0.5, 0.6) is 0 Å². The molecule has 1 aromatic carbocycles. The van der Waals surface area contributed by atoms with Crippen LogP contribution >= 0.6 is 12.4 Å². The van der Waals surface area contributed by atoms with Gasteiger partial charge >= 0.3 is 5.69 Å². The molecule has 19 heavy (non-hydrogen) atoms. The van der Waals surface area contributed by atoms with Crippen molar-refractivity contribution in [2.24, 2.45) is 0 Å². The Bertz CT molecular complexity index is 587. The van der Waals surface area contributed by atoms with Crippen molar-refractivity contribution in [2.45, 2.75) is 6.54 Å². The maximum atomic E-state index is 11.9. The van der Waals surface area contributed by atoms with Crippen LogP contribution in [0.15, 0.2) is 29.1 Å². The van der Waals surface area contributed by atoms with E-state index in [4.69, 9.17) is 4.74 Å². The lowest BCUT2D eigenvalue weighted by Crippen LogP contribution is -2.39. The number of aromatic nitrogens is 2. The predicted octanol–water partition coefficient (Wildman–Crippen LogP) is 1.08. The fourth-order valence-corrected chi connectivity index (χ4v) is 2.39. The lowest BCUT2D eigenvalue weighted by Gasteiger charge is -2.26. The second-order valence-corrected chi connectivity index (χ2v) is 4.55. The van der Waals surface area contributed by atoms with E-state index in [2.05, 4.69) is 9.88 Å². The smallest absolute Gasteiger partial charge is 0.326 e. The monoisotopic (exact) mass is 283 g/mol. The number of rotatable bonds is 3. The normalized spacial score (nSPS) is 16.4. The maximum absolute atomic E-state index is 11.9. The lowest BCUT2D eigenvalue weighted by molar-refractivity contribution is 0.0364. The number of para-hydroxylation sites is 2. The first-order valence-corrected chi connectivity index (χ1v) is 6.32. The molecular formula is C13H18ClN3O2. The Hall–Kier alpha value is -1.30. The molecule has 1 aromatic heterocycles. The first kappa shape index (κ1) is 14.1. The summed E-state index contributed by atoms with van der Waals surface area (Å²) < 4.78 is 7.12. The van der Waals surface area contributed by atoms with Crippen LogP contribution in [0.25, 0.3) is 11.0 Å². The van der Waals surface area contributed by atoms with E-state index in [1.807, 2.05) is 28.8 Å². The van der Waals surface area contributed by atoms with Gasteiger partial charge < -0.3 is 9.72 Å². The van der Waals surface area contributed by atoms with Crippen LogP contribution in [0.3, 0.4) is 0 Å². The Morgan fingerprint density at radius 3 is 2.68 bits per heavy atom. The number of H-pyrrole nitrogens is 1. The van der Waals surface area contributed by atoms with Gasteiger partial charge in [-0.15, -0.1) is 12.4 Å². The van der Waals surface area contributed by atoms with Gasteiger partial charge in [0, 0.05) is 26.2 Å². The highest BCUT2D eigenvalue weighted by atomic mass is 35.5. The summed E-state index contributed by atoms with van der Waals surface area (Å²) in [6.45, 7) is 5.12. The molecule has 3 rings (SSSR count). The number of morpholine rings is 1. The van der Waals surface area contributed by atoms with Gasteiger partial charge in [-0.2, -0.15) is 0 Å². The molecule has 1 N–H and O–H groups in total. The molecule has 0 aliphatic carbocycles. The minimum absolute atomic E-state index is 0. The number of ether oxygens (including phenoxy) is 1. The molecule has 0 unspecified atom stereocenters. The molecule has 0 spiro atoms. The maximum Gasteiger partial charge on any atom is 0.326 e. The minimum atomic E-state index is -0.0236. The Kier molecular flexibility index (Phi) is 4.63. The summed E-state index contributed by atoms with van der Waals surface area (Å²) in [4.78, 5) is 17.1. The van der Waals surface area contributed by atoms with Gasteiger partial charge in [-0.05, 0) is 12.1 Å². The van der Waals surface area contributed by atoms with Crippen LogP contribution in [-0.4, -0.2) is 47.3 Å². The molecule has 0 amide bonds. The fourth-order valence-electron chi connectivity index (χ4n) is 2.39. The van der Waals surface area contributed by atoms with Gasteiger partial charge in [0.1, 0.15) is 0 Å². The average Bonchev–Trinajstić information content (AvgIpc) is 2.73. The highest BCUT2D eigenvalue weighted by molar-refractivity contribution is 5.85. The van der Waals surface area contributed by atoms with Crippen LogP contribution in [0.2, 0.25) is 0 Å². The van der Waals surface area contributed by atoms with Crippen molar-refractivity contribution in [3.8, 4) is 0 Å². The molecule has 0 atom stereocenters. The van der Waals surface area contributed by atoms with E-state index in [0.717, 1.165) is 50.4 Å². The SMILES string of the molecule is Cl.O=c1[nH]c2ccccc2n1CCN1CCOCC1. The van der Waals surface area contributed by atoms with Crippen molar-refractivity contribution < 1.29 is 4.74 Å². The predicted molar refractivity (Wildman–Crippen MR) is 77.1 cm³/mol. The third-order valence-electron chi connectivity index (χ3n) is 3.43. The molecule has 0 saturated carbocycles.